The number of ether oxygens (including phenoxy) is 1. The predicted octanol–water partition coefficient (Wildman–Crippen LogP) is 0.335. The van der Waals surface area contributed by atoms with E-state index in [0.29, 0.717) is 25.9 Å². The van der Waals surface area contributed by atoms with E-state index in [2.05, 4.69) is 0 Å². The van der Waals surface area contributed by atoms with Gasteiger partial charge in [0.05, 0.1) is 24.5 Å². The molecule has 1 fully saturated rings. The second kappa shape index (κ2) is 5.63. The summed E-state index contributed by atoms with van der Waals surface area (Å²) in [6.07, 6.45) is 5.66. The van der Waals surface area contributed by atoms with Gasteiger partial charge in [0.25, 0.3) is 0 Å². The van der Waals surface area contributed by atoms with Gasteiger partial charge in [-0.05, 0) is 19.3 Å². The van der Waals surface area contributed by atoms with E-state index >= 15 is 0 Å². The summed E-state index contributed by atoms with van der Waals surface area (Å²) in [6, 6.07) is -0.449. The first-order valence-corrected chi connectivity index (χ1v) is 6.32. The largest absolute Gasteiger partial charge is 0.394 e. The molecule has 2 amide bonds. The molecule has 1 aliphatic heterocycles. The monoisotopic (exact) mass is 253 g/mol. The Labute approximate surface area is 106 Å². The van der Waals surface area contributed by atoms with Gasteiger partial charge >= 0.3 is 0 Å². The van der Waals surface area contributed by atoms with Gasteiger partial charge in [0, 0.05) is 13.7 Å². The Bertz CT molecular complexity index is 340. The van der Waals surface area contributed by atoms with Crippen LogP contribution in [0.4, 0.5) is 0 Å². The molecule has 0 aromatic heterocycles. The molecule has 1 saturated heterocycles. The van der Waals surface area contributed by atoms with E-state index in [-0.39, 0.29) is 30.3 Å². The van der Waals surface area contributed by atoms with Crippen LogP contribution >= 0.6 is 0 Å². The van der Waals surface area contributed by atoms with Crippen LogP contribution in [0.25, 0.3) is 0 Å². The Kier molecular flexibility index (Phi) is 4.14. The van der Waals surface area contributed by atoms with Gasteiger partial charge in [-0.3, -0.25) is 14.5 Å². The van der Waals surface area contributed by atoms with Gasteiger partial charge in [0.15, 0.2) is 0 Å². The number of amides is 2. The minimum Gasteiger partial charge on any atom is -0.394 e. The van der Waals surface area contributed by atoms with E-state index in [4.69, 9.17) is 4.74 Å². The van der Waals surface area contributed by atoms with E-state index in [1.165, 1.54) is 4.90 Å². The van der Waals surface area contributed by atoms with Crippen molar-refractivity contribution < 1.29 is 19.4 Å². The highest BCUT2D eigenvalue weighted by molar-refractivity contribution is 6.05. The molecule has 5 heteroatoms. The maximum Gasteiger partial charge on any atom is 0.233 e. The van der Waals surface area contributed by atoms with Crippen LogP contribution in [0.3, 0.4) is 0 Å². The number of fused-ring (bicyclic) bond motifs is 1. The number of aliphatic hydroxyl groups excluding tert-OH is 1. The van der Waals surface area contributed by atoms with Gasteiger partial charge in [-0.15, -0.1) is 0 Å². The Morgan fingerprint density at radius 1 is 1.33 bits per heavy atom. The lowest BCUT2D eigenvalue weighted by atomic mass is 9.85. The van der Waals surface area contributed by atoms with E-state index in [1.807, 2.05) is 12.2 Å². The fourth-order valence-corrected chi connectivity index (χ4v) is 2.74. The minimum absolute atomic E-state index is 0.135. The summed E-state index contributed by atoms with van der Waals surface area (Å²) in [7, 11) is 1.56. The zero-order valence-corrected chi connectivity index (χ0v) is 10.5. The number of carbonyl (C=O) groups is 2. The van der Waals surface area contributed by atoms with Crippen LogP contribution in [0, 0.1) is 11.8 Å². The normalized spacial score (nSPS) is 28.7. The molecular formula is C13H19NO4. The first kappa shape index (κ1) is 13.2. The number of hydrogen-bond acceptors (Lipinski definition) is 4. The Morgan fingerprint density at radius 2 is 1.89 bits per heavy atom. The summed E-state index contributed by atoms with van der Waals surface area (Å²) < 4.78 is 4.95. The minimum atomic E-state index is -0.449. The third kappa shape index (κ3) is 2.20. The van der Waals surface area contributed by atoms with E-state index in [9.17, 15) is 14.7 Å². The molecule has 5 nitrogen and oxygen atoms in total. The lowest BCUT2D eigenvalue weighted by Gasteiger charge is -2.24. The Hall–Kier alpha value is -1.20. The summed E-state index contributed by atoms with van der Waals surface area (Å²) in [5, 5.41) is 9.36. The molecule has 0 aromatic carbocycles. The highest BCUT2D eigenvalue weighted by Crippen LogP contribution is 2.36. The molecule has 0 radical (unpaired) electrons. The molecule has 3 atom stereocenters. The van der Waals surface area contributed by atoms with Crippen LogP contribution in [-0.2, 0) is 14.3 Å². The molecule has 1 N–H and O–H groups in total. The molecule has 100 valence electrons. The maximum atomic E-state index is 12.2. The quantitative estimate of drug-likeness (QED) is 0.566. The van der Waals surface area contributed by atoms with Crippen molar-refractivity contribution >= 4 is 11.8 Å². The van der Waals surface area contributed by atoms with Crippen molar-refractivity contribution in [1.29, 1.82) is 0 Å². The van der Waals surface area contributed by atoms with Crippen LogP contribution in [0.2, 0.25) is 0 Å². The highest BCUT2D eigenvalue weighted by atomic mass is 16.5. The predicted molar refractivity (Wildman–Crippen MR) is 64.6 cm³/mol. The lowest BCUT2D eigenvalue weighted by Crippen LogP contribution is -2.43. The van der Waals surface area contributed by atoms with Gasteiger partial charge in [-0.25, -0.2) is 0 Å². The second-order valence-corrected chi connectivity index (χ2v) is 4.82. The fourth-order valence-electron chi connectivity index (χ4n) is 2.74. The molecule has 1 heterocycles. The first-order valence-electron chi connectivity index (χ1n) is 6.32. The fraction of sp³-hybridized carbons (Fsp3) is 0.692. The van der Waals surface area contributed by atoms with Crippen LogP contribution in [-0.4, -0.2) is 48.2 Å². The first-order chi connectivity index (χ1) is 8.70. The van der Waals surface area contributed by atoms with E-state index < -0.39 is 6.04 Å². The molecule has 2 aliphatic rings. The summed E-state index contributed by atoms with van der Waals surface area (Å²) >= 11 is 0. The second-order valence-electron chi connectivity index (χ2n) is 4.82. The third-order valence-electron chi connectivity index (χ3n) is 3.77. The molecule has 2 rings (SSSR count). The molecule has 1 aliphatic carbocycles. The SMILES string of the molecule is COCCC(CO)N1C(=O)[C@H]2CC=CC[C@H]2C1=O. The van der Waals surface area contributed by atoms with E-state index in [0.717, 1.165) is 0 Å². The van der Waals surface area contributed by atoms with Gasteiger partial charge in [0.1, 0.15) is 0 Å². The van der Waals surface area contributed by atoms with Gasteiger partial charge in [-0.1, -0.05) is 12.2 Å². The van der Waals surface area contributed by atoms with Crippen molar-refractivity contribution in [3.05, 3.63) is 12.2 Å². The third-order valence-corrected chi connectivity index (χ3v) is 3.77. The Morgan fingerprint density at radius 3 is 2.33 bits per heavy atom. The number of aliphatic hydroxyl groups is 1. The molecule has 1 unspecified atom stereocenters. The number of likely N-dealkylation sites (tertiary alicyclic amines) is 1. The van der Waals surface area contributed by atoms with Crippen LogP contribution in [0.5, 0.6) is 0 Å². The molecule has 0 bridgehead atoms. The van der Waals surface area contributed by atoms with Crippen molar-refractivity contribution in [2.75, 3.05) is 20.3 Å². The standard InChI is InChI=1S/C13H19NO4/c1-18-7-6-9(8-15)14-12(16)10-4-2-3-5-11(10)13(14)17/h2-3,9-11,15H,4-8H2,1H3/t9?,10-,11+. The number of hydrogen-bond donors (Lipinski definition) is 1. The van der Waals surface area contributed by atoms with Crippen LogP contribution in [0.1, 0.15) is 19.3 Å². The highest BCUT2D eigenvalue weighted by Gasteiger charge is 2.49. The zero-order chi connectivity index (χ0) is 13.1. The molecule has 18 heavy (non-hydrogen) atoms. The maximum absolute atomic E-state index is 12.2. The molecule has 0 spiro atoms. The summed E-state index contributed by atoms with van der Waals surface area (Å²) in [6.45, 7) is 0.226. The smallest absolute Gasteiger partial charge is 0.233 e. The van der Waals surface area contributed by atoms with Gasteiger partial charge in [0.2, 0.25) is 11.8 Å². The summed E-state index contributed by atoms with van der Waals surface area (Å²) in [4.78, 5) is 25.7. The summed E-state index contributed by atoms with van der Waals surface area (Å²) in [5.74, 6) is -0.716. The van der Waals surface area contributed by atoms with E-state index in [1.54, 1.807) is 7.11 Å². The van der Waals surface area contributed by atoms with Gasteiger partial charge < -0.3 is 9.84 Å². The van der Waals surface area contributed by atoms with Crippen molar-refractivity contribution in [1.82, 2.24) is 4.90 Å². The number of imide groups is 1. The summed E-state index contributed by atoms with van der Waals surface area (Å²) in [5.41, 5.74) is 0. The number of rotatable bonds is 5. The number of nitrogens with zero attached hydrogens (tertiary/aromatic N) is 1. The Balaban J connectivity index is 2.13. The van der Waals surface area contributed by atoms with Crippen molar-refractivity contribution in [2.45, 2.75) is 25.3 Å². The number of carbonyl (C=O) groups excluding carboxylic acids is 2. The average Bonchev–Trinajstić information content (AvgIpc) is 2.65. The topological polar surface area (TPSA) is 66.8 Å². The van der Waals surface area contributed by atoms with Crippen molar-refractivity contribution in [3.8, 4) is 0 Å². The molecule has 0 saturated carbocycles. The van der Waals surface area contributed by atoms with Crippen molar-refractivity contribution in [2.24, 2.45) is 11.8 Å². The number of methoxy groups -OCH3 is 1. The average molecular weight is 253 g/mol. The molecule has 0 aromatic rings. The van der Waals surface area contributed by atoms with Gasteiger partial charge in [-0.2, -0.15) is 0 Å². The zero-order valence-electron chi connectivity index (χ0n) is 10.5. The van der Waals surface area contributed by atoms with Crippen LogP contribution < -0.4 is 0 Å². The van der Waals surface area contributed by atoms with Crippen molar-refractivity contribution in [3.63, 3.8) is 0 Å². The molecular weight excluding hydrogens is 234 g/mol. The lowest BCUT2D eigenvalue weighted by molar-refractivity contribution is -0.144. The van der Waals surface area contributed by atoms with Crippen LogP contribution in [0.15, 0.2) is 12.2 Å². The number of allylic oxidation sites excluding steroid dienone is 2.